The van der Waals surface area contributed by atoms with Crippen LogP contribution >= 0.6 is 0 Å². The van der Waals surface area contributed by atoms with E-state index in [2.05, 4.69) is 28.8 Å². The van der Waals surface area contributed by atoms with Gasteiger partial charge < -0.3 is 14.1 Å². The average molecular weight is 279 g/mol. The van der Waals surface area contributed by atoms with E-state index in [1.54, 1.807) is 6.26 Å². The Kier molecular flexibility index (Phi) is 4.41. The van der Waals surface area contributed by atoms with Crippen LogP contribution in [0.2, 0.25) is 0 Å². The molecule has 2 aliphatic heterocycles. The number of furan rings is 1. The lowest BCUT2D eigenvalue weighted by molar-refractivity contribution is -0.0483. The van der Waals surface area contributed by atoms with Crippen LogP contribution in [0.3, 0.4) is 0 Å². The van der Waals surface area contributed by atoms with Crippen molar-refractivity contribution in [2.45, 2.75) is 18.7 Å². The molecule has 5 nitrogen and oxygen atoms in total. The Balaban J connectivity index is 1.57. The lowest BCUT2D eigenvalue weighted by Gasteiger charge is -2.37. The van der Waals surface area contributed by atoms with Gasteiger partial charge in [0.25, 0.3) is 0 Å². The zero-order valence-electron chi connectivity index (χ0n) is 12.5. The molecule has 0 N–H and O–H groups in total. The first kappa shape index (κ1) is 14.1. The van der Waals surface area contributed by atoms with E-state index >= 15 is 0 Å². The largest absolute Gasteiger partial charge is 0.468 e. The van der Waals surface area contributed by atoms with Gasteiger partial charge in [-0.3, -0.25) is 9.80 Å². The summed E-state index contributed by atoms with van der Waals surface area (Å²) in [7, 11) is 4.27. The number of likely N-dealkylation sites (tertiary alicyclic amines) is 1. The fourth-order valence-corrected chi connectivity index (χ4v) is 3.19. The van der Waals surface area contributed by atoms with Crippen LogP contribution in [-0.4, -0.2) is 80.3 Å². The molecule has 0 aromatic carbocycles. The van der Waals surface area contributed by atoms with E-state index in [1.807, 2.05) is 12.1 Å². The second-order valence-corrected chi connectivity index (χ2v) is 6.09. The number of hydrogen-bond donors (Lipinski definition) is 0. The predicted octanol–water partition coefficient (Wildman–Crippen LogP) is 0.726. The first-order chi connectivity index (χ1) is 9.72. The van der Waals surface area contributed by atoms with Crippen LogP contribution in [-0.2, 0) is 11.3 Å². The minimum Gasteiger partial charge on any atom is -0.468 e. The van der Waals surface area contributed by atoms with Crippen LogP contribution in [0.4, 0.5) is 0 Å². The summed E-state index contributed by atoms with van der Waals surface area (Å²) in [5.74, 6) is 1.04. The van der Waals surface area contributed by atoms with Gasteiger partial charge in [0.1, 0.15) is 5.76 Å². The Labute approximate surface area is 121 Å². The second kappa shape index (κ2) is 6.26. The molecule has 2 atom stereocenters. The Morgan fingerprint density at radius 2 is 2.25 bits per heavy atom. The third-order valence-corrected chi connectivity index (χ3v) is 4.29. The van der Waals surface area contributed by atoms with Crippen molar-refractivity contribution in [3.63, 3.8) is 0 Å². The molecule has 3 rings (SSSR count). The minimum absolute atomic E-state index is 0.362. The molecule has 1 aromatic rings. The number of likely N-dealkylation sites (N-methyl/N-ethyl adjacent to an activating group) is 1. The van der Waals surface area contributed by atoms with Crippen molar-refractivity contribution in [1.82, 2.24) is 14.7 Å². The van der Waals surface area contributed by atoms with Gasteiger partial charge in [0.05, 0.1) is 25.5 Å². The lowest BCUT2D eigenvalue weighted by atomic mass is 10.1. The smallest absolute Gasteiger partial charge is 0.117 e. The highest BCUT2D eigenvalue weighted by molar-refractivity contribution is 5.01. The average Bonchev–Trinajstić information content (AvgIpc) is 3.05. The monoisotopic (exact) mass is 279 g/mol. The van der Waals surface area contributed by atoms with Crippen LogP contribution in [0.5, 0.6) is 0 Å². The molecule has 0 bridgehead atoms. The summed E-state index contributed by atoms with van der Waals surface area (Å²) in [6, 6.07) is 4.55. The van der Waals surface area contributed by atoms with Crippen LogP contribution in [0.1, 0.15) is 5.76 Å². The van der Waals surface area contributed by atoms with Gasteiger partial charge in [-0.15, -0.1) is 0 Å². The quantitative estimate of drug-likeness (QED) is 0.793. The normalized spacial score (nSPS) is 28.1. The van der Waals surface area contributed by atoms with Gasteiger partial charge in [0.2, 0.25) is 0 Å². The van der Waals surface area contributed by atoms with Gasteiger partial charge >= 0.3 is 0 Å². The minimum atomic E-state index is 0.362. The van der Waals surface area contributed by atoms with E-state index in [4.69, 9.17) is 9.15 Å². The molecule has 0 unspecified atom stereocenters. The molecule has 0 saturated carbocycles. The topological polar surface area (TPSA) is 32.1 Å². The SMILES string of the molecule is CN(C)CCN1CCO[C@H]2CN(Cc3ccco3)C[C@H]21. The van der Waals surface area contributed by atoms with E-state index in [0.717, 1.165) is 51.6 Å². The number of fused-ring (bicyclic) bond motifs is 1. The van der Waals surface area contributed by atoms with Gasteiger partial charge in [-0.2, -0.15) is 0 Å². The molecule has 2 saturated heterocycles. The van der Waals surface area contributed by atoms with Crippen molar-refractivity contribution in [2.24, 2.45) is 0 Å². The Bertz CT molecular complexity index is 407. The van der Waals surface area contributed by atoms with Gasteiger partial charge in [-0.05, 0) is 26.2 Å². The Morgan fingerprint density at radius 3 is 3.00 bits per heavy atom. The molecule has 5 heteroatoms. The van der Waals surface area contributed by atoms with E-state index in [-0.39, 0.29) is 0 Å². The van der Waals surface area contributed by atoms with Crippen molar-refractivity contribution in [3.05, 3.63) is 24.2 Å². The zero-order valence-corrected chi connectivity index (χ0v) is 12.5. The standard InChI is InChI=1S/C15H25N3O2/c1-16(2)5-6-18-7-9-20-15-12-17(11-14(15)18)10-13-4-3-8-19-13/h3-4,8,14-15H,5-7,9-12H2,1-2H3/t14-,15+/m1/s1. The van der Waals surface area contributed by atoms with Crippen LogP contribution in [0.25, 0.3) is 0 Å². The summed E-state index contributed by atoms with van der Waals surface area (Å²) in [6.45, 7) is 7.16. The highest BCUT2D eigenvalue weighted by Gasteiger charge is 2.39. The van der Waals surface area contributed by atoms with Gasteiger partial charge in [0, 0.05) is 38.8 Å². The van der Waals surface area contributed by atoms with Gasteiger partial charge in [0.15, 0.2) is 0 Å². The van der Waals surface area contributed by atoms with Gasteiger partial charge in [-0.25, -0.2) is 0 Å². The molecular formula is C15H25N3O2. The summed E-state index contributed by atoms with van der Waals surface area (Å²) in [5, 5.41) is 0. The molecular weight excluding hydrogens is 254 g/mol. The first-order valence-corrected chi connectivity index (χ1v) is 7.47. The Morgan fingerprint density at radius 1 is 1.35 bits per heavy atom. The van der Waals surface area contributed by atoms with E-state index < -0.39 is 0 Å². The van der Waals surface area contributed by atoms with Crippen molar-refractivity contribution in [2.75, 3.05) is 53.4 Å². The summed E-state index contributed by atoms with van der Waals surface area (Å²) in [6.07, 6.45) is 2.11. The number of hydrogen-bond acceptors (Lipinski definition) is 5. The maximum absolute atomic E-state index is 5.96. The summed E-state index contributed by atoms with van der Waals surface area (Å²) in [4.78, 5) is 7.29. The predicted molar refractivity (Wildman–Crippen MR) is 77.6 cm³/mol. The molecule has 0 radical (unpaired) electrons. The maximum Gasteiger partial charge on any atom is 0.117 e. The maximum atomic E-state index is 5.96. The van der Waals surface area contributed by atoms with E-state index in [9.17, 15) is 0 Å². The fourth-order valence-electron chi connectivity index (χ4n) is 3.19. The molecule has 0 aliphatic carbocycles. The molecule has 20 heavy (non-hydrogen) atoms. The van der Waals surface area contributed by atoms with Gasteiger partial charge in [-0.1, -0.05) is 0 Å². The third kappa shape index (κ3) is 3.23. The highest BCUT2D eigenvalue weighted by Crippen LogP contribution is 2.24. The number of nitrogens with zero attached hydrogens (tertiary/aromatic N) is 3. The number of morpholine rings is 1. The number of ether oxygens (including phenoxy) is 1. The highest BCUT2D eigenvalue weighted by atomic mass is 16.5. The molecule has 3 heterocycles. The second-order valence-electron chi connectivity index (χ2n) is 6.09. The van der Waals surface area contributed by atoms with Crippen molar-refractivity contribution < 1.29 is 9.15 Å². The molecule has 1 aromatic heterocycles. The number of rotatable bonds is 5. The van der Waals surface area contributed by atoms with E-state index in [0.29, 0.717) is 12.1 Å². The third-order valence-electron chi connectivity index (χ3n) is 4.29. The summed E-state index contributed by atoms with van der Waals surface area (Å²) in [5.41, 5.74) is 0. The van der Waals surface area contributed by atoms with Crippen molar-refractivity contribution >= 4 is 0 Å². The molecule has 0 spiro atoms. The molecule has 2 fully saturated rings. The van der Waals surface area contributed by atoms with Crippen LogP contribution in [0.15, 0.2) is 22.8 Å². The Hall–Kier alpha value is -0.880. The molecule has 112 valence electrons. The first-order valence-electron chi connectivity index (χ1n) is 7.47. The van der Waals surface area contributed by atoms with Crippen LogP contribution < -0.4 is 0 Å². The van der Waals surface area contributed by atoms with Crippen molar-refractivity contribution in [1.29, 1.82) is 0 Å². The fraction of sp³-hybridized carbons (Fsp3) is 0.733. The van der Waals surface area contributed by atoms with Crippen molar-refractivity contribution in [3.8, 4) is 0 Å². The lowest BCUT2D eigenvalue weighted by Crippen LogP contribution is -2.52. The molecule has 0 amide bonds. The summed E-state index contributed by atoms with van der Waals surface area (Å²) < 4.78 is 11.4. The molecule has 2 aliphatic rings. The van der Waals surface area contributed by atoms with Crippen LogP contribution in [0, 0.1) is 0 Å². The summed E-state index contributed by atoms with van der Waals surface area (Å²) >= 11 is 0. The van der Waals surface area contributed by atoms with E-state index in [1.165, 1.54) is 0 Å². The zero-order chi connectivity index (χ0) is 13.9.